The van der Waals surface area contributed by atoms with Crippen molar-refractivity contribution in [3.63, 3.8) is 0 Å². The summed E-state index contributed by atoms with van der Waals surface area (Å²) in [7, 11) is 0. The molecule has 0 atom stereocenters. The van der Waals surface area contributed by atoms with Crippen LogP contribution in [0.4, 0.5) is 0 Å². The van der Waals surface area contributed by atoms with E-state index < -0.39 is 0 Å². The minimum Gasteiger partial charge on any atom is -0.313 e. The Balaban J connectivity index is 1.73. The zero-order valence-corrected chi connectivity index (χ0v) is 13.8. The fraction of sp³-hybridized carbons (Fsp3) is 0.722. The summed E-state index contributed by atoms with van der Waals surface area (Å²) >= 11 is 0. The smallest absolute Gasteiger partial charge is 0.0544 e. The van der Waals surface area contributed by atoms with E-state index in [2.05, 4.69) is 41.2 Å². The van der Waals surface area contributed by atoms with Crippen LogP contribution in [0, 0.1) is 5.92 Å². The lowest BCUT2D eigenvalue weighted by molar-refractivity contribution is 0.170. The number of hydrogen-bond acceptors (Lipinski definition) is 3. The molecule has 0 bridgehead atoms. The molecule has 0 unspecified atom stereocenters. The number of nitrogens with zero attached hydrogens (tertiary/aromatic N) is 2. The number of hydrogen-bond donors (Lipinski definition) is 1. The van der Waals surface area contributed by atoms with E-state index in [0.29, 0.717) is 0 Å². The van der Waals surface area contributed by atoms with Gasteiger partial charge in [-0.3, -0.25) is 9.88 Å². The Bertz CT molecular complexity index is 380. The molecule has 0 amide bonds. The highest BCUT2D eigenvalue weighted by molar-refractivity contribution is 5.14. The van der Waals surface area contributed by atoms with Gasteiger partial charge >= 0.3 is 0 Å². The van der Waals surface area contributed by atoms with Gasteiger partial charge in [0.25, 0.3) is 0 Å². The summed E-state index contributed by atoms with van der Waals surface area (Å²) in [6, 6.07) is 4.41. The first-order valence-electron chi connectivity index (χ1n) is 8.68. The topological polar surface area (TPSA) is 28.2 Å². The molecule has 21 heavy (non-hydrogen) atoms. The third kappa shape index (κ3) is 5.76. The van der Waals surface area contributed by atoms with Crippen molar-refractivity contribution in [3.05, 3.63) is 29.6 Å². The highest BCUT2D eigenvalue weighted by Crippen LogP contribution is 2.22. The Labute approximate surface area is 130 Å². The van der Waals surface area contributed by atoms with Crippen LogP contribution in [0.3, 0.4) is 0 Å². The molecule has 1 aliphatic heterocycles. The van der Waals surface area contributed by atoms with Gasteiger partial charge in [-0.15, -0.1) is 0 Å². The van der Waals surface area contributed by atoms with Gasteiger partial charge in [-0.2, -0.15) is 0 Å². The fourth-order valence-corrected chi connectivity index (χ4v) is 3.13. The summed E-state index contributed by atoms with van der Waals surface area (Å²) in [5, 5.41) is 3.42. The highest BCUT2D eigenvalue weighted by atomic mass is 15.1. The van der Waals surface area contributed by atoms with E-state index in [0.717, 1.165) is 25.6 Å². The minimum atomic E-state index is 0.934. The van der Waals surface area contributed by atoms with Crippen LogP contribution in [0.25, 0.3) is 0 Å². The fourth-order valence-electron chi connectivity index (χ4n) is 3.13. The number of aromatic nitrogens is 1. The molecule has 0 spiro atoms. The lowest BCUT2D eigenvalue weighted by Crippen LogP contribution is -2.33. The number of nitrogens with one attached hydrogen (secondary N) is 1. The summed E-state index contributed by atoms with van der Waals surface area (Å²) in [5.41, 5.74) is 2.50. The van der Waals surface area contributed by atoms with Gasteiger partial charge < -0.3 is 5.32 Å². The molecular formula is C18H31N3. The van der Waals surface area contributed by atoms with Crippen LogP contribution < -0.4 is 5.32 Å². The van der Waals surface area contributed by atoms with Crippen LogP contribution in [0.15, 0.2) is 18.3 Å². The summed E-state index contributed by atoms with van der Waals surface area (Å²) in [6.07, 6.45) is 8.69. The second-order valence-corrected chi connectivity index (χ2v) is 6.34. The molecule has 3 heteroatoms. The first-order valence-corrected chi connectivity index (χ1v) is 8.68. The molecule has 1 aliphatic rings. The summed E-state index contributed by atoms with van der Waals surface area (Å²) < 4.78 is 0. The molecule has 0 aliphatic carbocycles. The zero-order chi connectivity index (χ0) is 14.9. The van der Waals surface area contributed by atoms with Crippen LogP contribution in [0.1, 0.15) is 57.2 Å². The van der Waals surface area contributed by atoms with Crippen molar-refractivity contribution in [1.29, 1.82) is 0 Å². The molecule has 0 radical (unpaired) electrons. The lowest BCUT2D eigenvalue weighted by Gasteiger charge is -2.31. The predicted octanol–water partition coefficient (Wildman–Crippen LogP) is 3.59. The van der Waals surface area contributed by atoms with Gasteiger partial charge in [0.05, 0.1) is 5.69 Å². The Kier molecular flexibility index (Phi) is 7.17. The summed E-state index contributed by atoms with van der Waals surface area (Å²) in [5.74, 6) is 0.964. The van der Waals surface area contributed by atoms with Crippen molar-refractivity contribution in [2.24, 2.45) is 5.92 Å². The SMILES string of the molecule is CCCNCc1ccc(CN2CCC(CCC)CC2)nc1. The third-order valence-corrected chi connectivity index (χ3v) is 4.43. The molecule has 2 rings (SSSR count). The molecule has 0 saturated carbocycles. The van der Waals surface area contributed by atoms with Crippen molar-refractivity contribution >= 4 is 0 Å². The first kappa shape index (κ1) is 16.4. The van der Waals surface area contributed by atoms with Gasteiger partial charge in [0, 0.05) is 19.3 Å². The number of pyridine rings is 1. The van der Waals surface area contributed by atoms with E-state index in [4.69, 9.17) is 0 Å². The maximum atomic E-state index is 4.63. The summed E-state index contributed by atoms with van der Waals surface area (Å²) in [6.45, 7) is 10.0. The van der Waals surface area contributed by atoms with Crippen molar-refractivity contribution < 1.29 is 0 Å². The average Bonchev–Trinajstić information content (AvgIpc) is 2.51. The highest BCUT2D eigenvalue weighted by Gasteiger charge is 2.18. The number of rotatable bonds is 8. The van der Waals surface area contributed by atoms with Gasteiger partial charge in [-0.25, -0.2) is 0 Å². The Morgan fingerprint density at radius 2 is 2.00 bits per heavy atom. The molecule has 0 aromatic carbocycles. The van der Waals surface area contributed by atoms with Crippen LogP contribution in [0.5, 0.6) is 0 Å². The van der Waals surface area contributed by atoms with Gasteiger partial charge in [0.15, 0.2) is 0 Å². The normalized spacial score (nSPS) is 17.2. The second-order valence-electron chi connectivity index (χ2n) is 6.34. The molecule has 2 heterocycles. The Morgan fingerprint density at radius 1 is 1.19 bits per heavy atom. The van der Waals surface area contributed by atoms with E-state index in [1.807, 2.05) is 6.20 Å². The van der Waals surface area contributed by atoms with Crippen LogP contribution in [0.2, 0.25) is 0 Å². The molecule has 3 nitrogen and oxygen atoms in total. The molecule has 118 valence electrons. The molecule has 1 N–H and O–H groups in total. The first-order chi connectivity index (χ1) is 10.3. The van der Waals surface area contributed by atoms with Gasteiger partial charge in [-0.1, -0.05) is 32.8 Å². The monoisotopic (exact) mass is 289 g/mol. The lowest BCUT2D eigenvalue weighted by atomic mass is 9.92. The van der Waals surface area contributed by atoms with Crippen molar-refractivity contribution in [1.82, 2.24) is 15.2 Å². The molecule has 1 aromatic rings. The van der Waals surface area contributed by atoms with Crippen LogP contribution in [-0.2, 0) is 13.1 Å². The molecule has 1 fully saturated rings. The third-order valence-electron chi connectivity index (χ3n) is 4.43. The van der Waals surface area contributed by atoms with E-state index >= 15 is 0 Å². The van der Waals surface area contributed by atoms with E-state index in [9.17, 15) is 0 Å². The summed E-state index contributed by atoms with van der Waals surface area (Å²) in [4.78, 5) is 7.18. The van der Waals surface area contributed by atoms with E-state index in [-0.39, 0.29) is 0 Å². The van der Waals surface area contributed by atoms with E-state index in [1.54, 1.807) is 0 Å². The maximum Gasteiger partial charge on any atom is 0.0544 e. The quantitative estimate of drug-likeness (QED) is 0.741. The molecular weight excluding hydrogens is 258 g/mol. The van der Waals surface area contributed by atoms with Crippen molar-refractivity contribution in [2.45, 2.75) is 59.0 Å². The van der Waals surface area contributed by atoms with Gasteiger partial charge in [0.2, 0.25) is 0 Å². The Hall–Kier alpha value is -0.930. The average molecular weight is 289 g/mol. The second kappa shape index (κ2) is 9.16. The maximum absolute atomic E-state index is 4.63. The van der Waals surface area contributed by atoms with Gasteiger partial charge in [-0.05, 0) is 56.4 Å². The van der Waals surface area contributed by atoms with Crippen molar-refractivity contribution in [3.8, 4) is 0 Å². The largest absolute Gasteiger partial charge is 0.313 e. The zero-order valence-electron chi connectivity index (χ0n) is 13.8. The van der Waals surface area contributed by atoms with Crippen LogP contribution in [-0.4, -0.2) is 29.5 Å². The molecule has 1 saturated heterocycles. The number of likely N-dealkylation sites (tertiary alicyclic amines) is 1. The number of piperidine rings is 1. The van der Waals surface area contributed by atoms with Gasteiger partial charge in [0.1, 0.15) is 0 Å². The minimum absolute atomic E-state index is 0.934. The van der Waals surface area contributed by atoms with E-state index in [1.165, 1.54) is 56.5 Å². The van der Waals surface area contributed by atoms with Crippen LogP contribution >= 0.6 is 0 Å². The standard InChI is InChI=1S/C18H31N3/c1-3-5-16-8-11-21(12-9-16)15-18-7-6-17(14-20-18)13-19-10-4-2/h6-7,14,16,19H,3-5,8-13,15H2,1-2H3. The molecule has 1 aromatic heterocycles. The Morgan fingerprint density at radius 3 is 2.62 bits per heavy atom. The van der Waals surface area contributed by atoms with Crippen molar-refractivity contribution in [2.75, 3.05) is 19.6 Å². The predicted molar refractivity (Wildman–Crippen MR) is 89.1 cm³/mol.